The molecule has 1 N–H and O–H groups in total. The Kier molecular flexibility index (Phi) is 4.21. The van der Waals surface area contributed by atoms with Crippen molar-refractivity contribution in [3.05, 3.63) is 62.3 Å². The quantitative estimate of drug-likeness (QED) is 0.744. The Morgan fingerprint density at radius 3 is 2.92 bits per heavy atom. The van der Waals surface area contributed by atoms with E-state index in [0.29, 0.717) is 6.54 Å². The third-order valence-electron chi connectivity index (χ3n) is 4.32. The van der Waals surface area contributed by atoms with Gasteiger partial charge in [-0.05, 0) is 61.6 Å². The predicted octanol–water partition coefficient (Wildman–Crippen LogP) is 4.60. The SMILES string of the molecule is Cc1nc(-c2ccc(CNC(=O)c3ccc4c(c3)CCC4)s2)cs1. The van der Waals surface area contributed by atoms with E-state index in [1.54, 1.807) is 22.7 Å². The van der Waals surface area contributed by atoms with E-state index < -0.39 is 0 Å². The molecule has 2 heterocycles. The lowest BCUT2D eigenvalue weighted by Gasteiger charge is -2.06. The molecule has 0 bridgehead atoms. The van der Waals surface area contributed by atoms with Gasteiger partial charge in [0, 0.05) is 15.8 Å². The van der Waals surface area contributed by atoms with Crippen molar-refractivity contribution < 1.29 is 4.79 Å². The van der Waals surface area contributed by atoms with Crippen molar-refractivity contribution in [1.29, 1.82) is 0 Å². The smallest absolute Gasteiger partial charge is 0.251 e. The second kappa shape index (κ2) is 6.49. The predicted molar refractivity (Wildman–Crippen MR) is 99.8 cm³/mol. The van der Waals surface area contributed by atoms with Crippen molar-refractivity contribution >= 4 is 28.6 Å². The highest BCUT2D eigenvalue weighted by atomic mass is 32.1. The second-order valence-electron chi connectivity index (χ2n) is 6.04. The van der Waals surface area contributed by atoms with Crippen LogP contribution in [0.2, 0.25) is 0 Å². The van der Waals surface area contributed by atoms with Crippen LogP contribution in [0, 0.1) is 6.92 Å². The van der Waals surface area contributed by atoms with Crippen LogP contribution in [0.3, 0.4) is 0 Å². The van der Waals surface area contributed by atoms with Crippen LogP contribution in [-0.2, 0) is 19.4 Å². The number of amides is 1. The van der Waals surface area contributed by atoms with Crippen molar-refractivity contribution in [2.75, 3.05) is 0 Å². The lowest BCUT2D eigenvalue weighted by Crippen LogP contribution is -2.22. The maximum absolute atomic E-state index is 12.4. The Bertz CT molecular complexity index is 894. The Hall–Kier alpha value is -1.98. The van der Waals surface area contributed by atoms with Crippen molar-refractivity contribution in [2.24, 2.45) is 0 Å². The molecule has 0 radical (unpaired) electrons. The van der Waals surface area contributed by atoms with Crippen LogP contribution < -0.4 is 5.32 Å². The van der Waals surface area contributed by atoms with E-state index in [4.69, 9.17) is 0 Å². The number of benzene rings is 1. The Balaban J connectivity index is 1.41. The van der Waals surface area contributed by atoms with Crippen molar-refractivity contribution in [1.82, 2.24) is 10.3 Å². The number of aryl methyl sites for hydroxylation is 3. The molecule has 24 heavy (non-hydrogen) atoms. The fraction of sp³-hybridized carbons (Fsp3) is 0.263. The Labute approximate surface area is 149 Å². The van der Waals surface area contributed by atoms with Gasteiger partial charge in [-0.2, -0.15) is 0 Å². The van der Waals surface area contributed by atoms with E-state index in [0.717, 1.165) is 38.9 Å². The number of nitrogens with one attached hydrogen (secondary N) is 1. The molecule has 3 nitrogen and oxygen atoms in total. The molecule has 0 spiro atoms. The van der Waals surface area contributed by atoms with Crippen LogP contribution in [0.15, 0.2) is 35.7 Å². The van der Waals surface area contributed by atoms with Crippen LogP contribution in [0.5, 0.6) is 0 Å². The Morgan fingerprint density at radius 1 is 1.21 bits per heavy atom. The molecule has 0 unspecified atom stereocenters. The summed E-state index contributed by atoms with van der Waals surface area (Å²) in [7, 11) is 0. The van der Waals surface area contributed by atoms with Crippen molar-refractivity contribution in [3.63, 3.8) is 0 Å². The van der Waals surface area contributed by atoms with Gasteiger partial charge in [0.1, 0.15) is 0 Å². The second-order valence-corrected chi connectivity index (χ2v) is 8.27. The standard InChI is InChI=1S/C19H18N2OS2/c1-12-21-17(11-23-12)18-8-7-16(24-18)10-20-19(22)15-6-5-13-3-2-4-14(13)9-15/h5-9,11H,2-4,10H2,1H3,(H,20,22). The molecule has 122 valence electrons. The van der Waals surface area contributed by atoms with Crippen LogP contribution in [0.4, 0.5) is 0 Å². The first-order chi connectivity index (χ1) is 11.7. The minimum Gasteiger partial charge on any atom is -0.347 e. The van der Waals surface area contributed by atoms with E-state index in [1.165, 1.54) is 17.5 Å². The molecule has 0 fully saturated rings. The summed E-state index contributed by atoms with van der Waals surface area (Å²) in [5.41, 5.74) is 4.52. The van der Waals surface area contributed by atoms with Gasteiger partial charge in [-0.25, -0.2) is 4.98 Å². The molecule has 0 saturated heterocycles. The van der Waals surface area contributed by atoms with E-state index in [-0.39, 0.29) is 5.91 Å². The highest BCUT2D eigenvalue weighted by molar-refractivity contribution is 7.16. The van der Waals surface area contributed by atoms with Crippen LogP contribution >= 0.6 is 22.7 Å². The summed E-state index contributed by atoms with van der Waals surface area (Å²) < 4.78 is 0. The number of nitrogens with zero attached hydrogens (tertiary/aromatic N) is 1. The third kappa shape index (κ3) is 3.14. The molecule has 1 aromatic carbocycles. The molecule has 0 saturated carbocycles. The number of fused-ring (bicyclic) bond motifs is 1. The maximum atomic E-state index is 12.4. The molecule has 0 aliphatic heterocycles. The van der Waals surface area contributed by atoms with Crippen LogP contribution in [0.1, 0.15) is 37.8 Å². The van der Waals surface area contributed by atoms with Crippen molar-refractivity contribution in [2.45, 2.75) is 32.7 Å². The Morgan fingerprint density at radius 2 is 2.08 bits per heavy atom. The van der Waals surface area contributed by atoms with Crippen LogP contribution in [-0.4, -0.2) is 10.9 Å². The number of thiophene rings is 1. The van der Waals surface area contributed by atoms with Gasteiger partial charge in [0.2, 0.25) is 0 Å². The fourth-order valence-corrected chi connectivity index (χ4v) is 4.67. The molecular weight excluding hydrogens is 336 g/mol. The van der Waals surface area contributed by atoms with Gasteiger partial charge in [0.15, 0.2) is 0 Å². The van der Waals surface area contributed by atoms with Gasteiger partial charge in [0.05, 0.1) is 22.1 Å². The molecule has 1 amide bonds. The van der Waals surface area contributed by atoms with Gasteiger partial charge in [-0.1, -0.05) is 6.07 Å². The summed E-state index contributed by atoms with van der Waals surface area (Å²) in [5, 5.41) is 6.18. The normalized spacial score (nSPS) is 13.0. The molecular formula is C19H18N2OS2. The summed E-state index contributed by atoms with van der Waals surface area (Å²) in [5.74, 6) is 0.00385. The highest BCUT2D eigenvalue weighted by Crippen LogP contribution is 2.29. The molecule has 2 aromatic heterocycles. The van der Waals surface area contributed by atoms with Crippen molar-refractivity contribution in [3.8, 4) is 10.6 Å². The maximum Gasteiger partial charge on any atom is 0.251 e. The van der Waals surface area contributed by atoms with Gasteiger partial charge in [0.25, 0.3) is 5.91 Å². The lowest BCUT2D eigenvalue weighted by molar-refractivity contribution is 0.0951. The topological polar surface area (TPSA) is 42.0 Å². The minimum atomic E-state index is 0.00385. The first-order valence-corrected chi connectivity index (χ1v) is 9.80. The summed E-state index contributed by atoms with van der Waals surface area (Å²) >= 11 is 3.35. The van der Waals surface area contributed by atoms with E-state index >= 15 is 0 Å². The first kappa shape index (κ1) is 15.5. The summed E-state index contributed by atoms with van der Waals surface area (Å²) in [6.07, 6.45) is 3.44. The molecule has 1 aliphatic carbocycles. The number of hydrogen-bond acceptors (Lipinski definition) is 4. The zero-order valence-corrected chi connectivity index (χ0v) is 15.1. The molecule has 3 aromatic rings. The molecule has 4 rings (SSSR count). The van der Waals surface area contributed by atoms with E-state index in [2.05, 4.69) is 39.9 Å². The zero-order valence-electron chi connectivity index (χ0n) is 13.5. The number of carbonyl (C=O) groups is 1. The summed E-state index contributed by atoms with van der Waals surface area (Å²) in [4.78, 5) is 19.2. The highest BCUT2D eigenvalue weighted by Gasteiger charge is 2.14. The largest absolute Gasteiger partial charge is 0.347 e. The van der Waals surface area contributed by atoms with Gasteiger partial charge in [-0.3, -0.25) is 4.79 Å². The van der Waals surface area contributed by atoms with E-state index in [1.807, 2.05) is 13.0 Å². The van der Waals surface area contributed by atoms with Gasteiger partial charge in [-0.15, -0.1) is 22.7 Å². The summed E-state index contributed by atoms with van der Waals surface area (Å²) in [6, 6.07) is 10.2. The third-order valence-corrected chi connectivity index (χ3v) is 6.20. The molecule has 5 heteroatoms. The molecule has 1 aliphatic rings. The zero-order chi connectivity index (χ0) is 16.5. The number of thiazole rings is 1. The number of hydrogen-bond donors (Lipinski definition) is 1. The fourth-order valence-electron chi connectivity index (χ4n) is 3.07. The number of carbonyl (C=O) groups excluding carboxylic acids is 1. The molecule has 0 atom stereocenters. The van der Waals surface area contributed by atoms with Gasteiger partial charge < -0.3 is 5.32 Å². The van der Waals surface area contributed by atoms with Crippen LogP contribution in [0.25, 0.3) is 10.6 Å². The summed E-state index contributed by atoms with van der Waals surface area (Å²) in [6.45, 7) is 2.57. The lowest BCUT2D eigenvalue weighted by atomic mass is 10.1. The van der Waals surface area contributed by atoms with E-state index in [9.17, 15) is 4.79 Å². The monoisotopic (exact) mass is 354 g/mol. The first-order valence-electron chi connectivity index (χ1n) is 8.10. The average Bonchev–Trinajstić information content (AvgIpc) is 3.31. The van der Waals surface area contributed by atoms with Gasteiger partial charge >= 0.3 is 0 Å². The number of aromatic nitrogens is 1. The minimum absolute atomic E-state index is 0.00385. The number of rotatable bonds is 4. The average molecular weight is 355 g/mol.